The standard InChI is InChI=1S/C47H57N7O6/c1-24(2)42(52-47(57)58-7)46(56)54-26(4)9-15-39(54)45-49-36-13-11-30-20-35-33-12-10-31(19-32(33)23-59-40(35)21-34(30)43(36)51-45)37-22-48-44(50-37)38-14-8-25(3)53(38)41(55)18-29-16-27(5)60-28(6)17-29/h10-13,19-22,24-29,38-39,42H,8-9,14-18,23H2,1-7H3,(H,48,50)(H,49,51)(H,52,57)/t25-,26-,27+,28?,29?,38-,39?,42-/m0/s1. The first-order valence-corrected chi connectivity index (χ1v) is 21.8. The first-order chi connectivity index (χ1) is 28.9. The van der Waals surface area contributed by atoms with Crippen LogP contribution in [0, 0.1) is 11.8 Å². The molecular formula is C47H57N7O6. The van der Waals surface area contributed by atoms with E-state index in [1.807, 2.05) is 31.9 Å². The van der Waals surface area contributed by atoms with E-state index < -0.39 is 12.1 Å². The van der Waals surface area contributed by atoms with Crippen molar-refractivity contribution in [3.05, 3.63) is 65.9 Å². The molecule has 0 bridgehead atoms. The first-order valence-electron chi connectivity index (χ1n) is 21.8. The summed E-state index contributed by atoms with van der Waals surface area (Å²) in [6.07, 6.45) is 7.49. The van der Waals surface area contributed by atoms with Gasteiger partial charge < -0.3 is 39.3 Å². The summed E-state index contributed by atoms with van der Waals surface area (Å²) < 4.78 is 17.2. The van der Waals surface area contributed by atoms with Crippen LogP contribution >= 0.6 is 0 Å². The van der Waals surface area contributed by atoms with Crippen LogP contribution in [0.15, 0.2) is 48.7 Å². The Balaban J connectivity index is 0.950. The van der Waals surface area contributed by atoms with Gasteiger partial charge in [0.15, 0.2) is 0 Å². The molecule has 13 nitrogen and oxygen atoms in total. The van der Waals surface area contributed by atoms with Crippen molar-refractivity contribution in [1.29, 1.82) is 0 Å². The second kappa shape index (κ2) is 15.9. The van der Waals surface area contributed by atoms with Crippen molar-refractivity contribution in [2.24, 2.45) is 11.8 Å². The van der Waals surface area contributed by atoms with Crippen LogP contribution in [0.4, 0.5) is 4.79 Å². The van der Waals surface area contributed by atoms with Gasteiger partial charge in [-0.25, -0.2) is 14.8 Å². The van der Waals surface area contributed by atoms with Gasteiger partial charge in [0.2, 0.25) is 11.8 Å². The highest BCUT2D eigenvalue weighted by molar-refractivity contribution is 6.07. The Labute approximate surface area is 350 Å². The lowest BCUT2D eigenvalue weighted by Crippen LogP contribution is -2.52. The van der Waals surface area contributed by atoms with Crippen LogP contribution in [0.2, 0.25) is 0 Å². The van der Waals surface area contributed by atoms with E-state index in [0.29, 0.717) is 18.9 Å². The summed E-state index contributed by atoms with van der Waals surface area (Å²) in [7, 11) is 1.30. The summed E-state index contributed by atoms with van der Waals surface area (Å²) in [6.45, 7) is 12.7. The Hall–Kier alpha value is -5.43. The van der Waals surface area contributed by atoms with Crippen molar-refractivity contribution in [3.63, 3.8) is 0 Å². The largest absolute Gasteiger partial charge is 0.488 e. The van der Waals surface area contributed by atoms with Gasteiger partial charge in [-0.05, 0) is 124 Å². The molecule has 2 aromatic heterocycles. The second-order valence-electron chi connectivity index (χ2n) is 18.1. The number of hydrogen-bond donors (Lipinski definition) is 3. The van der Waals surface area contributed by atoms with Crippen LogP contribution in [0.3, 0.4) is 0 Å². The average Bonchev–Trinajstić information content (AvgIpc) is 4.04. The van der Waals surface area contributed by atoms with Crippen LogP contribution in [-0.2, 0) is 25.7 Å². The quantitative estimate of drug-likeness (QED) is 0.141. The van der Waals surface area contributed by atoms with Crippen molar-refractivity contribution < 1.29 is 28.6 Å². The number of rotatable bonds is 8. The number of H-pyrrole nitrogens is 2. The number of aromatic amines is 2. The normalized spacial score (nSPS) is 25.6. The highest BCUT2D eigenvalue weighted by Crippen LogP contribution is 2.44. The third kappa shape index (κ3) is 7.28. The lowest BCUT2D eigenvalue weighted by molar-refractivity contribution is -0.138. The Morgan fingerprint density at radius 2 is 1.62 bits per heavy atom. The van der Waals surface area contributed by atoms with Gasteiger partial charge in [-0.15, -0.1) is 0 Å². The molecular weight excluding hydrogens is 759 g/mol. The number of methoxy groups -OCH3 is 1. The number of fused-ring (bicyclic) bond motifs is 6. The van der Waals surface area contributed by atoms with E-state index in [1.165, 1.54) is 7.11 Å². The molecule has 13 heteroatoms. The van der Waals surface area contributed by atoms with E-state index in [2.05, 4.69) is 83.4 Å². The third-order valence-corrected chi connectivity index (χ3v) is 13.4. The van der Waals surface area contributed by atoms with Crippen LogP contribution < -0.4 is 10.1 Å². The first kappa shape index (κ1) is 40.0. The maximum atomic E-state index is 14.0. The number of alkyl carbamates (subject to hydrolysis) is 1. The molecule has 60 heavy (non-hydrogen) atoms. The number of carbonyl (C=O) groups is 3. The Morgan fingerprint density at radius 1 is 0.883 bits per heavy atom. The van der Waals surface area contributed by atoms with Crippen LogP contribution in [0.1, 0.15) is 116 Å². The van der Waals surface area contributed by atoms with Crippen molar-refractivity contribution >= 4 is 39.7 Å². The molecule has 6 heterocycles. The van der Waals surface area contributed by atoms with Gasteiger partial charge in [0, 0.05) is 29.5 Å². The molecule has 3 unspecified atom stereocenters. The number of benzene rings is 3. The van der Waals surface area contributed by atoms with Crippen molar-refractivity contribution in [1.82, 2.24) is 35.1 Å². The molecule has 4 aliphatic rings. The Bertz CT molecular complexity index is 2450. The number of imidazole rings is 2. The second-order valence-corrected chi connectivity index (χ2v) is 18.1. The number of carbonyl (C=O) groups excluding carboxylic acids is 3. The van der Waals surface area contributed by atoms with E-state index >= 15 is 0 Å². The smallest absolute Gasteiger partial charge is 0.407 e. The molecule has 316 valence electrons. The lowest BCUT2D eigenvalue weighted by atomic mass is 9.89. The molecule has 0 aliphatic carbocycles. The molecule has 0 saturated carbocycles. The zero-order chi connectivity index (χ0) is 42.0. The predicted octanol–water partition coefficient (Wildman–Crippen LogP) is 8.74. The molecule has 8 atom stereocenters. The summed E-state index contributed by atoms with van der Waals surface area (Å²) in [6, 6.07) is 14.0. The number of likely N-dealkylation sites (tertiary alicyclic amines) is 2. The zero-order valence-corrected chi connectivity index (χ0v) is 35.7. The molecule has 3 N–H and O–H groups in total. The lowest BCUT2D eigenvalue weighted by Gasteiger charge is -2.34. The summed E-state index contributed by atoms with van der Waals surface area (Å²) in [5, 5.41) is 4.76. The minimum Gasteiger partial charge on any atom is -0.488 e. The fraction of sp³-hybridized carbons (Fsp3) is 0.511. The summed E-state index contributed by atoms with van der Waals surface area (Å²) in [5.74, 6) is 2.67. The zero-order valence-electron chi connectivity index (χ0n) is 35.7. The number of nitrogens with one attached hydrogen (secondary N) is 3. The van der Waals surface area contributed by atoms with Gasteiger partial charge in [0.05, 0.1) is 54.3 Å². The van der Waals surface area contributed by atoms with E-state index in [-0.39, 0.29) is 54.1 Å². The number of ether oxygens (including phenoxy) is 3. The summed E-state index contributed by atoms with van der Waals surface area (Å²) >= 11 is 0. The summed E-state index contributed by atoms with van der Waals surface area (Å²) in [4.78, 5) is 61.0. The number of aromatic nitrogens is 4. The van der Waals surface area contributed by atoms with Crippen LogP contribution in [-0.4, -0.2) is 85.1 Å². The third-order valence-electron chi connectivity index (χ3n) is 13.4. The molecule has 4 aliphatic heterocycles. The fourth-order valence-corrected chi connectivity index (χ4v) is 10.5. The molecule has 3 amide bonds. The SMILES string of the molecule is COC(=O)N[C@H](C(=O)N1C(c2nc3c(ccc4cc5c(cc43)OCc3cc(-c4cnc([C@@H]6CC[C@H](C)N6C(=O)CC6CC(C)O[C@H](C)C6)[nH]4)ccc3-5)[nH]2)CC[C@@H]1C)C(C)C. The fourth-order valence-electron chi connectivity index (χ4n) is 10.5. The Morgan fingerprint density at radius 3 is 2.35 bits per heavy atom. The van der Waals surface area contributed by atoms with Crippen LogP contribution in [0.25, 0.3) is 44.2 Å². The Kier molecular flexibility index (Phi) is 10.6. The van der Waals surface area contributed by atoms with Gasteiger partial charge in [-0.3, -0.25) is 9.59 Å². The van der Waals surface area contributed by atoms with E-state index in [4.69, 9.17) is 24.2 Å². The van der Waals surface area contributed by atoms with E-state index in [0.717, 1.165) is 106 Å². The van der Waals surface area contributed by atoms with Crippen molar-refractivity contribution in [2.45, 2.75) is 136 Å². The van der Waals surface area contributed by atoms with E-state index in [1.54, 1.807) is 0 Å². The maximum Gasteiger partial charge on any atom is 0.407 e. The van der Waals surface area contributed by atoms with Crippen molar-refractivity contribution in [2.75, 3.05) is 7.11 Å². The molecule has 9 rings (SSSR count). The molecule has 3 aromatic carbocycles. The minimum atomic E-state index is -0.713. The molecule has 5 aromatic rings. The molecule has 0 radical (unpaired) electrons. The van der Waals surface area contributed by atoms with Gasteiger partial charge in [0.1, 0.15) is 30.0 Å². The topological polar surface area (TPSA) is 155 Å². The van der Waals surface area contributed by atoms with Gasteiger partial charge in [-0.2, -0.15) is 0 Å². The number of nitrogens with zero attached hydrogens (tertiary/aromatic N) is 4. The monoisotopic (exact) mass is 815 g/mol. The van der Waals surface area contributed by atoms with Crippen molar-refractivity contribution in [3.8, 4) is 28.1 Å². The highest BCUT2D eigenvalue weighted by Gasteiger charge is 2.42. The van der Waals surface area contributed by atoms with Crippen LogP contribution in [0.5, 0.6) is 5.75 Å². The predicted molar refractivity (Wildman–Crippen MR) is 229 cm³/mol. The molecule has 3 fully saturated rings. The van der Waals surface area contributed by atoms with E-state index in [9.17, 15) is 14.4 Å². The van der Waals surface area contributed by atoms with Gasteiger partial charge >= 0.3 is 6.09 Å². The highest BCUT2D eigenvalue weighted by atomic mass is 16.5. The number of hydrogen-bond acceptors (Lipinski definition) is 8. The van der Waals surface area contributed by atoms with Gasteiger partial charge in [0.25, 0.3) is 0 Å². The maximum absolute atomic E-state index is 14.0. The summed E-state index contributed by atoms with van der Waals surface area (Å²) in [5.41, 5.74) is 6.90. The number of amides is 3. The molecule has 0 spiro atoms. The van der Waals surface area contributed by atoms with Gasteiger partial charge in [-0.1, -0.05) is 32.0 Å². The minimum absolute atomic E-state index is 0.0119. The molecule has 3 saturated heterocycles. The average molecular weight is 816 g/mol.